The number of hydrogen-bond donors (Lipinski definition) is 1. The molecule has 0 aliphatic carbocycles. The third-order valence-corrected chi connectivity index (χ3v) is 2.49. The molecule has 0 fully saturated rings. The van der Waals surface area contributed by atoms with Crippen LogP contribution < -0.4 is 0 Å². The highest BCUT2D eigenvalue weighted by molar-refractivity contribution is 6.39. The van der Waals surface area contributed by atoms with Crippen LogP contribution in [0.3, 0.4) is 0 Å². The van der Waals surface area contributed by atoms with Gasteiger partial charge in [-0.05, 0) is 6.07 Å². The fourth-order valence-electron chi connectivity index (χ4n) is 1.32. The lowest BCUT2D eigenvalue weighted by Gasteiger charge is -2.03. The monoisotopic (exact) mass is 278 g/mol. The molecule has 0 saturated heterocycles. The molecule has 16 heavy (non-hydrogen) atoms. The minimum atomic E-state index is -1.08. The minimum absolute atomic E-state index is 0. The van der Waals surface area contributed by atoms with E-state index in [9.17, 15) is 4.79 Å². The smallest absolute Gasteiger partial charge is 0.336 e. The first kappa shape index (κ1) is 13.0. The van der Waals surface area contributed by atoms with Crippen LogP contribution >= 0.6 is 35.6 Å². The molecule has 1 aromatic heterocycles. The minimum Gasteiger partial charge on any atom is -0.478 e. The Morgan fingerprint density at radius 3 is 2.44 bits per heavy atom. The Bertz CT molecular complexity index is 560. The second-order valence-corrected chi connectivity index (χ2v) is 3.53. The van der Waals surface area contributed by atoms with Gasteiger partial charge in [0.05, 0.1) is 5.56 Å². The molecule has 1 N–H and O–H groups in total. The molecule has 0 saturated carbocycles. The van der Waals surface area contributed by atoms with Crippen LogP contribution in [0.2, 0.25) is 10.3 Å². The average Bonchev–Trinajstić information content (AvgIpc) is 2.23. The van der Waals surface area contributed by atoms with E-state index < -0.39 is 5.97 Å². The van der Waals surface area contributed by atoms with Crippen molar-refractivity contribution in [2.24, 2.45) is 0 Å². The van der Waals surface area contributed by atoms with Crippen molar-refractivity contribution in [3.63, 3.8) is 0 Å². The number of carboxylic acids is 1. The van der Waals surface area contributed by atoms with E-state index in [0.29, 0.717) is 10.8 Å². The summed E-state index contributed by atoms with van der Waals surface area (Å²) in [7, 11) is 0. The van der Waals surface area contributed by atoms with Gasteiger partial charge in [-0.1, -0.05) is 35.3 Å². The van der Waals surface area contributed by atoms with Crippen LogP contribution in [-0.4, -0.2) is 21.3 Å². The summed E-state index contributed by atoms with van der Waals surface area (Å²) in [4.78, 5) is 10.9. The van der Waals surface area contributed by atoms with Crippen molar-refractivity contribution in [2.75, 3.05) is 0 Å². The number of carboxylic acid groups (broad SMARTS) is 1. The Morgan fingerprint density at radius 2 is 1.81 bits per heavy atom. The van der Waals surface area contributed by atoms with Gasteiger partial charge in [-0.15, -0.1) is 22.6 Å². The zero-order valence-corrected chi connectivity index (χ0v) is 9.97. The van der Waals surface area contributed by atoms with Crippen LogP contribution in [-0.2, 0) is 0 Å². The molecule has 0 unspecified atom stereocenters. The fourth-order valence-corrected chi connectivity index (χ4v) is 1.75. The van der Waals surface area contributed by atoms with E-state index in [1.165, 1.54) is 6.07 Å². The van der Waals surface area contributed by atoms with Crippen LogP contribution in [0.15, 0.2) is 18.2 Å². The van der Waals surface area contributed by atoms with Gasteiger partial charge in [0, 0.05) is 10.8 Å². The van der Waals surface area contributed by atoms with Gasteiger partial charge in [-0.2, -0.15) is 0 Å². The Labute approximate surface area is 107 Å². The molecule has 2 aromatic rings. The number of carbonyl (C=O) groups is 1. The van der Waals surface area contributed by atoms with Crippen molar-refractivity contribution < 1.29 is 9.90 Å². The first-order valence-electron chi connectivity index (χ1n) is 3.95. The van der Waals surface area contributed by atoms with Crippen LogP contribution in [0, 0.1) is 0 Å². The van der Waals surface area contributed by atoms with Crippen molar-refractivity contribution >= 4 is 52.4 Å². The highest BCUT2D eigenvalue weighted by Crippen LogP contribution is 2.28. The van der Waals surface area contributed by atoms with E-state index in [2.05, 4.69) is 10.2 Å². The summed E-state index contributed by atoms with van der Waals surface area (Å²) < 4.78 is 0. The molecule has 0 aliphatic heterocycles. The molecule has 0 bridgehead atoms. The predicted molar refractivity (Wildman–Crippen MR) is 63.8 cm³/mol. The largest absolute Gasteiger partial charge is 0.478 e. The standard InChI is InChI=1S/C9H4Cl2N2O2.ClH/c10-7-4-2-1-3-5(9(14)15)6(4)8(11)13-12-7;/h1-3H,(H,14,15);1H. The molecule has 7 heteroatoms. The maximum Gasteiger partial charge on any atom is 0.336 e. The first-order chi connectivity index (χ1) is 7.11. The summed E-state index contributed by atoms with van der Waals surface area (Å²) in [5.74, 6) is -1.08. The SMILES string of the molecule is Cl.O=C(O)c1cccc2c(Cl)nnc(Cl)c12. The molecule has 0 amide bonds. The van der Waals surface area contributed by atoms with Gasteiger partial charge in [-0.3, -0.25) is 0 Å². The maximum absolute atomic E-state index is 10.9. The normalized spacial score (nSPS) is 9.88. The summed E-state index contributed by atoms with van der Waals surface area (Å²) in [6.07, 6.45) is 0. The average molecular weight is 280 g/mol. The summed E-state index contributed by atoms with van der Waals surface area (Å²) in [5, 5.41) is 17.1. The molecule has 1 aromatic carbocycles. The highest BCUT2D eigenvalue weighted by atomic mass is 35.5. The third-order valence-electron chi connectivity index (χ3n) is 1.95. The van der Waals surface area contributed by atoms with Crippen molar-refractivity contribution in [1.29, 1.82) is 0 Å². The van der Waals surface area contributed by atoms with Crippen molar-refractivity contribution in [3.05, 3.63) is 34.1 Å². The van der Waals surface area contributed by atoms with Gasteiger partial charge in [0.1, 0.15) is 0 Å². The fraction of sp³-hybridized carbons (Fsp3) is 0. The summed E-state index contributed by atoms with van der Waals surface area (Å²) in [6, 6.07) is 4.66. The number of halogens is 3. The van der Waals surface area contributed by atoms with E-state index in [-0.39, 0.29) is 28.3 Å². The summed E-state index contributed by atoms with van der Waals surface area (Å²) >= 11 is 11.6. The zero-order valence-electron chi connectivity index (χ0n) is 7.65. The number of aromatic nitrogens is 2. The van der Waals surface area contributed by atoms with Crippen LogP contribution in [0.4, 0.5) is 0 Å². The van der Waals surface area contributed by atoms with Gasteiger partial charge in [-0.25, -0.2) is 4.79 Å². The van der Waals surface area contributed by atoms with Gasteiger partial charge >= 0.3 is 5.97 Å². The van der Waals surface area contributed by atoms with Gasteiger partial charge in [0.15, 0.2) is 10.3 Å². The molecule has 4 nitrogen and oxygen atoms in total. The quantitative estimate of drug-likeness (QED) is 0.871. The van der Waals surface area contributed by atoms with Crippen LogP contribution in [0.5, 0.6) is 0 Å². The predicted octanol–water partition coefficient (Wildman–Crippen LogP) is 3.06. The first-order valence-corrected chi connectivity index (χ1v) is 4.70. The zero-order chi connectivity index (χ0) is 11.0. The van der Waals surface area contributed by atoms with Crippen LogP contribution in [0.25, 0.3) is 10.8 Å². The summed E-state index contributed by atoms with van der Waals surface area (Å²) in [5.41, 5.74) is 0.0642. The van der Waals surface area contributed by atoms with E-state index in [1.54, 1.807) is 12.1 Å². The highest BCUT2D eigenvalue weighted by Gasteiger charge is 2.14. The molecule has 1 heterocycles. The molecule has 0 aliphatic rings. The second kappa shape index (κ2) is 4.82. The third kappa shape index (κ3) is 2.04. The summed E-state index contributed by atoms with van der Waals surface area (Å²) in [6.45, 7) is 0. The van der Waals surface area contributed by atoms with E-state index >= 15 is 0 Å². The number of rotatable bonds is 1. The lowest BCUT2D eigenvalue weighted by molar-refractivity contribution is 0.0699. The lowest BCUT2D eigenvalue weighted by atomic mass is 10.1. The number of benzene rings is 1. The van der Waals surface area contributed by atoms with E-state index in [4.69, 9.17) is 28.3 Å². The molecule has 0 spiro atoms. The van der Waals surface area contributed by atoms with Gasteiger partial charge in [0.25, 0.3) is 0 Å². The topological polar surface area (TPSA) is 63.1 Å². The Morgan fingerprint density at radius 1 is 1.19 bits per heavy atom. The number of fused-ring (bicyclic) bond motifs is 1. The molecular formula is C9H5Cl3N2O2. The Hall–Kier alpha value is -1.10. The van der Waals surface area contributed by atoms with E-state index in [1.807, 2.05) is 0 Å². The number of hydrogen-bond acceptors (Lipinski definition) is 3. The van der Waals surface area contributed by atoms with E-state index in [0.717, 1.165) is 0 Å². The molecular weight excluding hydrogens is 274 g/mol. The van der Waals surface area contributed by atoms with Crippen molar-refractivity contribution in [2.45, 2.75) is 0 Å². The van der Waals surface area contributed by atoms with Gasteiger partial charge in [0.2, 0.25) is 0 Å². The van der Waals surface area contributed by atoms with Crippen molar-refractivity contribution in [3.8, 4) is 0 Å². The Balaban J connectivity index is 0.00000128. The van der Waals surface area contributed by atoms with Crippen molar-refractivity contribution in [1.82, 2.24) is 10.2 Å². The Kier molecular flexibility index (Phi) is 3.91. The molecule has 2 rings (SSSR count). The number of nitrogens with zero attached hydrogens (tertiary/aromatic N) is 2. The van der Waals surface area contributed by atoms with Gasteiger partial charge < -0.3 is 5.11 Å². The molecule has 0 atom stereocenters. The molecule has 0 radical (unpaired) electrons. The molecule has 84 valence electrons. The van der Waals surface area contributed by atoms with Crippen LogP contribution in [0.1, 0.15) is 10.4 Å². The lowest BCUT2D eigenvalue weighted by Crippen LogP contribution is -1.99. The number of aromatic carboxylic acids is 1. The second-order valence-electron chi connectivity index (χ2n) is 2.81. The maximum atomic E-state index is 10.9.